The van der Waals surface area contributed by atoms with Crippen molar-refractivity contribution in [2.24, 2.45) is 11.7 Å². The van der Waals surface area contributed by atoms with E-state index < -0.39 is 5.91 Å². The predicted molar refractivity (Wildman–Crippen MR) is 71.9 cm³/mol. The molecule has 0 saturated heterocycles. The fourth-order valence-electron chi connectivity index (χ4n) is 1.72. The van der Waals surface area contributed by atoms with E-state index >= 15 is 0 Å². The zero-order valence-electron chi connectivity index (χ0n) is 10.5. The molecule has 0 aliphatic heterocycles. The molecule has 17 heavy (non-hydrogen) atoms. The van der Waals surface area contributed by atoms with Gasteiger partial charge in [0.25, 0.3) is 5.91 Å². The van der Waals surface area contributed by atoms with Crippen molar-refractivity contribution < 1.29 is 4.79 Å². The van der Waals surface area contributed by atoms with Crippen LogP contribution in [-0.4, -0.2) is 12.5 Å². The van der Waals surface area contributed by atoms with Crippen molar-refractivity contribution in [2.75, 3.05) is 17.6 Å². The van der Waals surface area contributed by atoms with Gasteiger partial charge in [0.2, 0.25) is 0 Å². The molecule has 0 fully saturated rings. The summed E-state index contributed by atoms with van der Waals surface area (Å²) in [5.41, 5.74) is 12.6. The van der Waals surface area contributed by atoms with Crippen LogP contribution in [0.15, 0.2) is 18.2 Å². The average Bonchev–Trinajstić information content (AvgIpc) is 2.32. The Morgan fingerprint density at radius 3 is 2.53 bits per heavy atom. The SMILES string of the molecule is CCC(CC)CNc1ccc(N)c(C(N)=O)c1. The normalized spacial score (nSPS) is 10.5. The number of nitrogens with two attached hydrogens (primary N) is 2. The van der Waals surface area contributed by atoms with Gasteiger partial charge in [-0.25, -0.2) is 0 Å². The molecule has 0 spiro atoms. The minimum atomic E-state index is -0.492. The van der Waals surface area contributed by atoms with Gasteiger partial charge < -0.3 is 16.8 Å². The molecular formula is C13H21N3O. The minimum absolute atomic E-state index is 0.375. The van der Waals surface area contributed by atoms with Gasteiger partial charge in [0, 0.05) is 17.9 Å². The number of hydrogen-bond acceptors (Lipinski definition) is 3. The molecule has 0 radical (unpaired) electrons. The molecule has 4 heteroatoms. The molecule has 0 saturated carbocycles. The highest BCUT2D eigenvalue weighted by molar-refractivity contribution is 5.98. The molecule has 0 bridgehead atoms. The third kappa shape index (κ3) is 3.66. The lowest BCUT2D eigenvalue weighted by molar-refractivity contribution is 0.100. The lowest BCUT2D eigenvalue weighted by atomic mass is 10.0. The van der Waals surface area contributed by atoms with Crippen molar-refractivity contribution in [2.45, 2.75) is 26.7 Å². The molecule has 1 amide bonds. The van der Waals surface area contributed by atoms with E-state index in [0.717, 1.165) is 25.1 Å². The van der Waals surface area contributed by atoms with Crippen LogP contribution in [0.4, 0.5) is 11.4 Å². The van der Waals surface area contributed by atoms with E-state index in [1.54, 1.807) is 12.1 Å². The molecule has 5 N–H and O–H groups in total. The number of carbonyl (C=O) groups excluding carboxylic acids is 1. The van der Waals surface area contributed by atoms with Crippen LogP contribution < -0.4 is 16.8 Å². The number of nitrogens with one attached hydrogen (secondary N) is 1. The maximum Gasteiger partial charge on any atom is 0.250 e. The third-order valence-corrected chi connectivity index (χ3v) is 3.07. The summed E-state index contributed by atoms with van der Waals surface area (Å²) in [5.74, 6) is 0.151. The Balaban J connectivity index is 2.72. The summed E-state index contributed by atoms with van der Waals surface area (Å²) in [6.45, 7) is 5.25. The monoisotopic (exact) mass is 235 g/mol. The summed E-state index contributed by atoms with van der Waals surface area (Å²) in [6.07, 6.45) is 2.28. The highest BCUT2D eigenvalue weighted by atomic mass is 16.1. The van der Waals surface area contributed by atoms with E-state index in [0.29, 0.717) is 17.2 Å². The van der Waals surface area contributed by atoms with Crippen LogP contribution in [-0.2, 0) is 0 Å². The zero-order chi connectivity index (χ0) is 12.8. The van der Waals surface area contributed by atoms with E-state index in [4.69, 9.17) is 11.5 Å². The summed E-state index contributed by atoms with van der Waals surface area (Å²) in [7, 11) is 0. The molecule has 1 aromatic rings. The number of primary amides is 1. The van der Waals surface area contributed by atoms with Gasteiger partial charge in [-0.3, -0.25) is 4.79 Å². The molecule has 4 nitrogen and oxygen atoms in total. The molecule has 0 aliphatic rings. The van der Waals surface area contributed by atoms with Gasteiger partial charge >= 0.3 is 0 Å². The Morgan fingerprint density at radius 2 is 2.00 bits per heavy atom. The maximum absolute atomic E-state index is 11.1. The number of hydrogen-bond donors (Lipinski definition) is 3. The van der Waals surface area contributed by atoms with Gasteiger partial charge in [0.05, 0.1) is 5.56 Å². The fraction of sp³-hybridized carbons (Fsp3) is 0.462. The van der Waals surface area contributed by atoms with E-state index in [2.05, 4.69) is 19.2 Å². The second-order valence-electron chi connectivity index (χ2n) is 4.23. The number of nitrogen functional groups attached to an aromatic ring is 1. The van der Waals surface area contributed by atoms with Crippen LogP contribution in [0.2, 0.25) is 0 Å². The summed E-state index contributed by atoms with van der Waals surface area (Å²) in [5, 5.41) is 3.31. The van der Waals surface area contributed by atoms with Gasteiger partial charge in [-0.05, 0) is 24.1 Å². The van der Waals surface area contributed by atoms with Crippen LogP contribution >= 0.6 is 0 Å². The summed E-state index contributed by atoms with van der Waals surface area (Å²) in [4.78, 5) is 11.1. The summed E-state index contributed by atoms with van der Waals surface area (Å²) in [6, 6.07) is 5.28. The van der Waals surface area contributed by atoms with Gasteiger partial charge in [0.1, 0.15) is 0 Å². The van der Waals surface area contributed by atoms with Gasteiger partial charge in [-0.2, -0.15) is 0 Å². The Kier molecular flexibility index (Phi) is 4.82. The van der Waals surface area contributed by atoms with Crippen LogP contribution in [0, 0.1) is 5.92 Å². The first-order valence-electron chi connectivity index (χ1n) is 6.01. The van der Waals surface area contributed by atoms with Crippen molar-refractivity contribution in [3.05, 3.63) is 23.8 Å². The van der Waals surface area contributed by atoms with Crippen molar-refractivity contribution in [1.82, 2.24) is 0 Å². The van der Waals surface area contributed by atoms with Gasteiger partial charge in [-0.1, -0.05) is 26.7 Å². The lowest BCUT2D eigenvalue weighted by Gasteiger charge is -2.15. The van der Waals surface area contributed by atoms with Gasteiger partial charge in [-0.15, -0.1) is 0 Å². The Hall–Kier alpha value is -1.71. The van der Waals surface area contributed by atoms with Crippen molar-refractivity contribution in [3.63, 3.8) is 0 Å². The van der Waals surface area contributed by atoms with Gasteiger partial charge in [0.15, 0.2) is 0 Å². The molecular weight excluding hydrogens is 214 g/mol. The summed E-state index contributed by atoms with van der Waals surface area (Å²) >= 11 is 0. The highest BCUT2D eigenvalue weighted by Crippen LogP contribution is 2.18. The first kappa shape index (κ1) is 13.4. The standard InChI is InChI=1S/C13H21N3O/c1-3-9(4-2)8-16-10-5-6-12(14)11(7-10)13(15)17/h5-7,9,16H,3-4,8,14H2,1-2H3,(H2,15,17). The maximum atomic E-state index is 11.1. The predicted octanol–water partition coefficient (Wildman–Crippen LogP) is 2.22. The van der Waals surface area contributed by atoms with E-state index in [9.17, 15) is 4.79 Å². The number of anilines is 2. The van der Waals surface area contributed by atoms with E-state index in [1.165, 1.54) is 0 Å². The largest absolute Gasteiger partial charge is 0.398 e. The number of carbonyl (C=O) groups is 1. The van der Waals surface area contributed by atoms with Crippen LogP contribution in [0.25, 0.3) is 0 Å². The van der Waals surface area contributed by atoms with Crippen LogP contribution in [0.1, 0.15) is 37.0 Å². The number of benzene rings is 1. The Bertz CT molecular complexity index is 386. The topological polar surface area (TPSA) is 81.1 Å². The molecule has 1 rings (SSSR count). The van der Waals surface area contributed by atoms with Crippen molar-refractivity contribution >= 4 is 17.3 Å². The number of rotatable bonds is 6. The van der Waals surface area contributed by atoms with Crippen LogP contribution in [0.3, 0.4) is 0 Å². The van der Waals surface area contributed by atoms with E-state index in [-0.39, 0.29) is 0 Å². The molecule has 1 aromatic carbocycles. The zero-order valence-corrected chi connectivity index (χ0v) is 10.5. The first-order valence-corrected chi connectivity index (χ1v) is 6.01. The van der Waals surface area contributed by atoms with Crippen molar-refractivity contribution in [1.29, 1.82) is 0 Å². The molecule has 0 unspecified atom stereocenters. The second-order valence-corrected chi connectivity index (χ2v) is 4.23. The summed E-state index contributed by atoms with van der Waals surface area (Å²) < 4.78 is 0. The lowest BCUT2D eigenvalue weighted by Crippen LogP contribution is -2.16. The smallest absolute Gasteiger partial charge is 0.250 e. The number of amides is 1. The second kappa shape index (κ2) is 6.13. The highest BCUT2D eigenvalue weighted by Gasteiger charge is 2.08. The Labute approximate surface area is 102 Å². The first-order chi connectivity index (χ1) is 8.08. The fourth-order valence-corrected chi connectivity index (χ4v) is 1.72. The van der Waals surface area contributed by atoms with E-state index in [1.807, 2.05) is 6.07 Å². The van der Waals surface area contributed by atoms with Crippen LogP contribution in [0.5, 0.6) is 0 Å². The molecule has 0 atom stereocenters. The Morgan fingerprint density at radius 1 is 1.35 bits per heavy atom. The molecule has 0 heterocycles. The minimum Gasteiger partial charge on any atom is -0.398 e. The molecule has 0 aromatic heterocycles. The quantitative estimate of drug-likeness (QED) is 0.661. The van der Waals surface area contributed by atoms with Crippen molar-refractivity contribution in [3.8, 4) is 0 Å². The molecule has 94 valence electrons. The average molecular weight is 235 g/mol. The third-order valence-electron chi connectivity index (χ3n) is 3.07. The molecule has 0 aliphatic carbocycles.